The van der Waals surface area contributed by atoms with E-state index in [0.717, 1.165) is 0 Å². The SMILES string of the molecule is CSc1cc(SC(F)(F)F)cc(C(=O)C(C)Br)c1. The maximum atomic E-state index is 12.3. The molecule has 1 nitrogen and oxygen atoms in total. The van der Waals surface area contributed by atoms with Crippen molar-refractivity contribution in [2.75, 3.05) is 6.26 Å². The zero-order valence-corrected chi connectivity index (χ0v) is 12.8. The van der Waals surface area contributed by atoms with E-state index in [1.54, 1.807) is 19.2 Å². The highest BCUT2D eigenvalue weighted by molar-refractivity contribution is 9.10. The fourth-order valence-corrected chi connectivity index (χ4v) is 2.72. The summed E-state index contributed by atoms with van der Waals surface area (Å²) >= 11 is 4.22. The molecule has 0 amide bonds. The number of alkyl halides is 4. The number of rotatable bonds is 4. The van der Waals surface area contributed by atoms with E-state index in [4.69, 9.17) is 0 Å². The van der Waals surface area contributed by atoms with Crippen molar-refractivity contribution >= 4 is 45.2 Å². The first-order chi connectivity index (χ1) is 8.23. The summed E-state index contributed by atoms with van der Waals surface area (Å²) in [4.78, 5) is 12.0. The number of benzene rings is 1. The number of hydrogen-bond acceptors (Lipinski definition) is 3. The molecule has 0 aliphatic carbocycles. The third-order valence-corrected chi connectivity index (χ3v) is 3.82. The minimum atomic E-state index is -4.35. The molecule has 1 atom stereocenters. The topological polar surface area (TPSA) is 17.1 Å². The molecule has 0 aromatic heterocycles. The lowest BCUT2D eigenvalue weighted by Crippen LogP contribution is -2.10. The van der Waals surface area contributed by atoms with Crippen molar-refractivity contribution in [3.63, 3.8) is 0 Å². The van der Waals surface area contributed by atoms with E-state index < -0.39 is 10.3 Å². The van der Waals surface area contributed by atoms with E-state index in [9.17, 15) is 18.0 Å². The van der Waals surface area contributed by atoms with Gasteiger partial charge in [-0.05, 0) is 43.1 Å². The van der Waals surface area contributed by atoms with Gasteiger partial charge in [0.15, 0.2) is 5.78 Å². The first kappa shape index (κ1) is 15.9. The smallest absolute Gasteiger partial charge is 0.293 e. The van der Waals surface area contributed by atoms with Crippen molar-refractivity contribution in [1.82, 2.24) is 0 Å². The molecule has 0 saturated heterocycles. The average molecular weight is 359 g/mol. The summed E-state index contributed by atoms with van der Waals surface area (Å²) in [5, 5.41) is 0. The lowest BCUT2D eigenvalue weighted by Gasteiger charge is -2.10. The highest BCUT2D eigenvalue weighted by Gasteiger charge is 2.29. The van der Waals surface area contributed by atoms with E-state index >= 15 is 0 Å². The van der Waals surface area contributed by atoms with Gasteiger partial charge in [-0.25, -0.2) is 0 Å². The summed E-state index contributed by atoms with van der Waals surface area (Å²) in [6.07, 6.45) is 1.75. The van der Waals surface area contributed by atoms with Crippen LogP contribution in [0.15, 0.2) is 28.0 Å². The predicted octanol–water partition coefficient (Wildman–Crippen LogP) is 4.99. The first-order valence-corrected chi connectivity index (χ1v) is 7.81. The van der Waals surface area contributed by atoms with Gasteiger partial charge in [0.25, 0.3) is 0 Å². The number of carbonyl (C=O) groups excluding carboxylic acids is 1. The second-order valence-corrected chi connectivity index (χ2v) is 6.82. The van der Waals surface area contributed by atoms with Crippen molar-refractivity contribution in [2.45, 2.75) is 27.1 Å². The van der Waals surface area contributed by atoms with E-state index in [-0.39, 0.29) is 28.0 Å². The number of thioether (sulfide) groups is 2. The number of halogens is 4. The van der Waals surface area contributed by atoms with Crippen LogP contribution in [0.1, 0.15) is 17.3 Å². The molecule has 0 spiro atoms. The quantitative estimate of drug-likeness (QED) is 0.429. The van der Waals surface area contributed by atoms with Gasteiger partial charge in [0, 0.05) is 15.4 Å². The summed E-state index contributed by atoms with van der Waals surface area (Å²) in [5.74, 6) is -0.227. The minimum Gasteiger partial charge on any atom is -0.293 e. The highest BCUT2D eigenvalue weighted by Crippen LogP contribution is 2.38. The van der Waals surface area contributed by atoms with Crippen LogP contribution in [-0.2, 0) is 0 Å². The van der Waals surface area contributed by atoms with Crippen LogP contribution in [0.2, 0.25) is 0 Å². The molecule has 0 fully saturated rings. The Morgan fingerprint density at radius 2 is 1.83 bits per heavy atom. The molecule has 0 saturated carbocycles. The fourth-order valence-electron chi connectivity index (χ4n) is 1.25. The Bertz CT molecular complexity index is 446. The number of carbonyl (C=O) groups is 1. The molecule has 1 aromatic carbocycles. The second-order valence-electron chi connectivity index (χ2n) is 3.43. The highest BCUT2D eigenvalue weighted by atomic mass is 79.9. The molecule has 0 heterocycles. The van der Waals surface area contributed by atoms with Crippen LogP contribution in [0, 0.1) is 0 Å². The van der Waals surface area contributed by atoms with Gasteiger partial charge in [-0.2, -0.15) is 13.2 Å². The zero-order chi connectivity index (χ0) is 13.9. The largest absolute Gasteiger partial charge is 0.446 e. The first-order valence-electron chi connectivity index (χ1n) is 4.86. The predicted molar refractivity (Wildman–Crippen MR) is 72.9 cm³/mol. The second kappa shape index (κ2) is 6.34. The van der Waals surface area contributed by atoms with Gasteiger partial charge >= 0.3 is 5.51 Å². The normalized spacial score (nSPS) is 13.4. The van der Waals surface area contributed by atoms with Gasteiger partial charge in [-0.15, -0.1) is 11.8 Å². The average Bonchev–Trinajstić information content (AvgIpc) is 2.24. The number of Topliss-reactive ketones (excluding diaryl/α,β-unsaturated/α-hetero) is 1. The summed E-state index contributed by atoms with van der Waals surface area (Å²) in [6, 6.07) is 4.31. The molecule has 1 rings (SSSR count). The maximum Gasteiger partial charge on any atom is 0.446 e. The van der Waals surface area contributed by atoms with Crippen molar-refractivity contribution in [3.8, 4) is 0 Å². The van der Waals surface area contributed by atoms with E-state index in [1.807, 2.05) is 0 Å². The molecular weight excluding hydrogens is 349 g/mol. The Balaban J connectivity index is 3.13. The zero-order valence-electron chi connectivity index (χ0n) is 9.55. The van der Waals surface area contributed by atoms with Crippen LogP contribution in [0.4, 0.5) is 13.2 Å². The van der Waals surface area contributed by atoms with Crippen molar-refractivity contribution in [2.24, 2.45) is 0 Å². The van der Waals surface area contributed by atoms with Gasteiger partial charge in [0.2, 0.25) is 0 Å². The van der Waals surface area contributed by atoms with Gasteiger partial charge < -0.3 is 0 Å². The Labute approximate surface area is 120 Å². The van der Waals surface area contributed by atoms with Crippen molar-refractivity contribution in [1.29, 1.82) is 0 Å². The van der Waals surface area contributed by atoms with E-state index in [1.165, 1.54) is 23.9 Å². The molecule has 0 bridgehead atoms. The van der Waals surface area contributed by atoms with Gasteiger partial charge in [-0.3, -0.25) is 4.79 Å². The number of ketones is 1. The Morgan fingerprint density at radius 1 is 1.28 bits per heavy atom. The Morgan fingerprint density at radius 3 is 2.28 bits per heavy atom. The molecule has 0 N–H and O–H groups in total. The summed E-state index contributed by atoms with van der Waals surface area (Å²) in [7, 11) is 0. The van der Waals surface area contributed by atoms with E-state index in [0.29, 0.717) is 4.90 Å². The molecule has 0 aliphatic rings. The lowest BCUT2D eigenvalue weighted by molar-refractivity contribution is -0.0328. The van der Waals surface area contributed by atoms with Crippen LogP contribution >= 0.6 is 39.5 Å². The summed E-state index contributed by atoms with van der Waals surface area (Å²) in [6.45, 7) is 1.64. The van der Waals surface area contributed by atoms with Gasteiger partial charge in [0.1, 0.15) is 0 Å². The van der Waals surface area contributed by atoms with Crippen LogP contribution in [0.25, 0.3) is 0 Å². The Kier molecular flexibility index (Phi) is 5.61. The molecule has 0 radical (unpaired) electrons. The molecule has 18 heavy (non-hydrogen) atoms. The number of hydrogen-bond donors (Lipinski definition) is 0. The van der Waals surface area contributed by atoms with Crippen LogP contribution in [0.3, 0.4) is 0 Å². The van der Waals surface area contributed by atoms with E-state index in [2.05, 4.69) is 15.9 Å². The fraction of sp³-hybridized carbons (Fsp3) is 0.364. The van der Waals surface area contributed by atoms with Crippen LogP contribution < -0.4 is 0 Å². The molecule has 1 aromatic rings. The summed E-state index contributed by atoms with van der Waals surface area (Å²) in [5.41, 5.74) is -4.06. The van der Waals surface area contributed by atoms with Gasteiger partial charge in [-0.1, -0.05) is 15.9 Å². The van der Waals surface area contributed by atoms with Crippen molar-refractivity contribution in [3.05, 3.63) is 23.8 Å². The van der Waals surface area contributed by atoms with Gasteiger partial charge in [0.05, 0.1) is 4.83 Å². The standard InChI is InChI=1S/C11H10BrF3OS2/c1-6(12)10(16)7-3-8(17-2)5-9(4-7)18-11(13,14)15/h3-6H,1-2H3. The molecule has 1 unspecified atom stereocenters. The third-order valence-electron chi connectivity index (χ3n) is 2.00. The molecular formula is C11H10BrF3OS2. The molecule has 100 valence electrons. The maximum absolute atomic E-state index is 12.3. The minimum absolute atomic E-state index is 0.0332. The lowest BCUT2D eigenvalue weighted by atomic mass is 10.1. The monoisotopic (exact) mass is 358 g/mol. The van der Waals surface area contributed by atoms with Crippen LogP contribution in [0.5, 0.6) is 0 Å². The Hall–Kier alpha value is -0.140. The summed E-state index contributed by atoms with van der Waals surface area (Å²) < 4.78 is 37.0. The third kappa shape index (κ3) is 4.85. The molecule has 0 aliphatic heterocycles. The van der Waals surface area contributed by atoms with Crippen molar-refractivity contribution < 1.29 is 18.0 Å². The molecule has 7 heteroatoms. The van der Waals surface area contributed by atoms with Crippen LogP contribution in [-0.4, -0.2) is 22.4 Å².